The van der Waals surface area contributed by atoms with E-state index in [1.165, 1.54) is 0 Å². The van der Waals surface area contributed by atoms with E-state index < -0.39 is 0 Å². The molecule has 2 atom stereocenters. The number of pyridine rings is 1. The van der Waals surface area contributed by atoms with Gasteiger partial charge in [-0.2, -0.15) is 0 Å². The van der Waals surface area contributed by atoms with E-state index in [2.05, 4.69) is 4.98 Å². The summed E-state index contributed by atoms with van der Waals surface area (Å²) in [5, 5.41) is 0. The highest BCUT2D eigenvalue weighted by Crippen LogP contribution is 2.45. The predicted octanol–water partition coefficient (Wildman–Crippen LogP) is 2.01. The number of nitrogens with two attached hydrogens (primary N) is 1. The first-order chi connectivity index (χ1) is 9.11. The third-order valence-corrected chi connectivity index (χ3v) is 4.57. The zero-order valence-electron chi connectivity index (χ0n) is 11.4. The van der Waals surface area contributed by atoms with E-state index in [1.54, 1.807) is 6.20 Å². The van der Waals surface area contributed by atoms with E-state index in [0.717, 1.165) is 49.9 Å². The SMILES string of the molecule is Cc1cncc(N2CCC3(CCCC(N)C3)C2=O)c1. The first kappa shape index (κ1) is 12.6. The number of carbonyl (C=O) groups is 1. The van der Waals surface area contributed by atoms with Gasteiger partial charge in [0.25, 0.3) is 0 Å². The van der Waals surface area contributed by atoms with Crippen molar-refractivity contribution in [2.75, 3.05) is 11.4 Å². The first-order valence-corrected chi connectivity index (χ1v) is 7.10. The van der Waals surface area contributed by atoms with Gasteiger partial charge in [-0.25, -0.2) is 0 Å². The van der Waals surface area contributed by atoms with Gasteiger partial charge >= 0.3 is 0 Å². The maximum atomic E-state index is 12.8. The maximum absolute atomic E-state index is 12.8. The van der Waals surface area contributed by atoms with Crippen LogP contribution in [0.4, 0.5) is 5.69 Å². The quantitative estimate of drug-likeness (QED) is 0.839. The highest BCUT2D eigenvalue weighted by molar-refractivity contribution is 5.99. The molecule has 1 aromatic rings. The Morgan fingerprint density at radius 2 is 2.26 bits per heavy atom. The molecular weight excluding hydrogens is 238 g/mol. The van der Waals surface area contributed by atoms with Crippen LogP contribution in [0.1, 0.15) is 37.7 Å². The Balaban J connectivity index is 1.86. The third kappa shape index (κ3) is 2.14. The molecule has 1 saturated heterocycles. The molecule has 2 heterocycles. The van der Waals surface area contributed by atoms with Crippen LogP contribution >= 0.6 is 0 Å². The number of rotatable bonds is 1. The monoisotopic (exact) mass is 259 g/mol. The van der Waals surface area contributed by atoms with Gasteiger partial charge < -0.3 is 10.6 Å². The minimum Gasteiger partial charge on any atom is -0.328 e. The second kappa shape index (κ2) is 4.60. The zero-order valence-corrected chi connectivity index (χ0v) is 11.4. The summed E-state index contributed by atoms with van der Waals surface area (Å²) in [5.41, 5.74) is 7.90. The number of nitrogens with zero attached hydrogens (tertiary/aromatic N) is 2. The highest BCUT2D eigenvalue weighted by atomic mass is 16.2. The molecule has 1 spiro atoms. The van der Waals surface area contributed by atoms with Crippen LogP contribution in [0.15, 0.2) is 18.5 Å². The molecule has 19 heavy (non-hydrogen) atoms. The van der Waals surface area contributed by atoms with Crippen molar-refractivity contribution in [1.29, 1.82) is 0 Å². The lowest BCUT2D eigenvalue weighted by Gasteiger charge is -2.34. The topological polar surface area (TPSA) is 59.2 Å². The molecule has 4 nitrogen and oxygen atoms in total. The number of hydrogen-bond acceptors (Lipinski definition) is 3. The Bertz CT molecular complexity index is 502. The lowest BCUT2D eigenvalue weighted by molar-refractivity contribution is -0.127. The number of aryl methyl sites for hydroxylation is 1. The number of hydrogen-bond donors (Lipinski definition) is 1. The number of amides is 1. The van der Waals surface area contributed by atoms with Crippen LogP contribution in [0.5, 0.6) is 0 Å². The Kier molecular flexibility index (Phi) is 3.05. The molecular formula is C15H21N3O. The van der Waals surface area contributed by atoms with Crippen molar-refractivity contribution in [2.24, 2.45) is 11.1 Å². The minimum atomic E-state index is -0.193. The molecule has 1 amide bonds. The summed E-state index contributed by atoms with van der Waals surface area (Å²) >= 11 is 0. The standard InChI is InChI=1S/C15H21N3O/c1-11-7-13(10-17-9-11)18-6-5-15(14(18)19)4-2-3-12(16)8-15/h7,9-10,12H,2-6,8,16H2,1H3. The summed E-state index contributed by atoms with van der Waals surface area (Å²) < 4.78 is 0. The van der Waals surface area contributed by atoms with E-state index in [-0.39, 0.29) is 17.4 Å². The lowest BCUT2D eigenvalue weighted by Crippen LogP contribution is -2.42. The van der Waals surface area contributed by atoms with Gasteiger partial charge in [0.05, 0.1) is 17.3 Å². The Morgan fingerprint density at radius 3 is 3.00 bits per heavy atom. The molecule has 1 aliphatic heterocycles. The molecule has 4 heteroatoms. The predicted molar refractivity (Wildman–Crippen MR) is 74.8 cm³/mol. The van der Waals surface area contributed by atoms with Crippen molar-refractivity contribution >= 4 is 11.6 Å². The molecule has 0 radical (unpaired) electrons. The van der Waals surface area contributed by atoms with Gasteiger partial charge in [-0.05, 0) is 44.2 Å². The molecule has 1 aliphatic carbocycles. The normalized spacial score (nSPS) is 31.2. The van der Waals surface area contributed by atoms with Crippen LogP contribution in [0.3, 0.4) is 0 Å². The van der Waals surface area contributed by atoms with Crippen LogP contribution in [0.25, 0.3) is 0 Å². The molecule has 1 aromatic heterocycles. The molecule has 0 aromatic carbocycles. The third-order valence-electron chi connectivity index (χ3n) is 4.57. The Morgan fingerprint density at radius 1 is 1.42 bits per heavy atom. The molecule has 3 rings (SSSR count). The van der Waals surface area contributed by atoms with Crippen LogP contribution in [0, 0.1) is 12.3 Å². The summed E-state index contributed by atoms with van der Waals surface area (Å²) in [7, 11) is 0. The molecule has 0 bridgehead atoms. The summed E-state index contributed by atoms with van der Waals surface area (Å²) in [6, 6.07) is 2.22. The van der Waals surface area contributed by atoms with Gasteiger partial charge in [0.2, 0.25) is 5.91 Å². The molecule has 2 fully saturated rings. The highest BCUT2D eigenvalue weighted by Gasteiger charge is 2.48. The van der Waals surface area contributed by atoms with Crippen molar-refractivity contribution in [2.45, 2.75) is 45.1 Å². The first-order valence-electron chi connectivity index (χ1n) is 7.10. The number of aromatic nitrogens is 1. The van der Waals surface area contributed by atoms with Gasteiger partial charge in [0, 0.05) is 18.8 Å². The van der Waals surface area contributed by atoms with Crippen molar-refractivity contribution < 1.29 is 4.79 Å². The Labute approximate surface area is 114 Å². The fourth-order valence-electron chi connectivity index (χ4n) is 3.58. The van der Waals surface area contributed by atoms with E-state index in [0.29, 0.717) is 0 Å². The minimum absolute atomic E-state index is 0.188. The summed E-state index contributed by atoms with van der Waals surface area (Å²) in [4.78, 5) is 18.9. The summed E-state index contributed by atoms with van der Waals surface area (Å²) in [6.07, 6.45) is 8.52. The number of anilines is 1. The van der Waals surface area contributed by atoms with Crippen molar-refractivity contribution in [3.63, 3.8) is 0 Å². The molecule has 2 unspecified atom stereocenters. The molecule has 102 valence electrons. The lowest BCUT2D eigenvalue weighted by atomic mass is 9.71. The summed E-state index contributed by atoms with van der Waals surface area (Å²) in [6.45, 7) is 2.81. The van der Waals surface area contributed by atoms with E-state index in [1.807, 2.05) is 24.1 Å². The van der Waals surface area contributed by atoms with Crippen molar-refractivity contribution in [3.8, 4) is 0 Å². The van der Waals surface area contributed by atoms with E-state index >= 15 is 0 Å². The fourth-order valence-corrected chi connectivity index (χ4v) is 3.58. The van der Waals surface area contributed by atoms with Crippen LogP contribution in [0.2, 0.25) is 0 Å². The van der Waals surface area contributed by atoms with Gasteiger partial charge in [-0.15, -0.1) is 0 Å². The second-order valence-electron chi connectivity index (χ2n) is 6.06. The number of carbonyl (C=O) groups excluding carboxylic acids is 1. The van der Waals surface area contributed by atoms with Gasteiger partial charge in [-0.3, -0.25) is 9.78 Å². The summed E-state index contributed by atoms with van der Waals surface area (Å²) in [5.74, 6) is 0.259. The second-order valence-corrected chi connectivity index (χ2v) is 6.06. The maximum Gasteiger partial charge on any atom is 0.233 e. The van der Waals surface area contributed by atoms with Gasteiger partial charge in [0.15, 0.2) is 0 Å². The van der Waals surface area contributed by atoms with Crippen LogP contribution in [-0.2, 0) is 4.79 Å². The van der Waals surface area contributed by atoms with Gasteiger partial charge in [0.1, 0.15) is 0 Å². The average Bonchev–Trinajstić information content (AvgIpc) is 2.67. The molecule has 1 saturated carbocycles. The van der Waals surface area contributed by atoms with E-state index in [4.69, 9.17) is 5.73 Å². The van der Waals surface area contributed by atoms with Crippen molar-refractivity contribution in [3.05, 3.63) is 24.0 Å². The van der Waals surface area contributed by atoms with Gasteiger partial charge in [-0.1, -0.05) is 6.42 Å². The largest absolute Gasteiger partial charge is 0.328 e. The van der Waals surface area contributed by atoms with Crippen LogP contribution in [-0.4, -0.2) is 23.5 Å². The molecule has 2 aliphatic rings. The van der Waals surface area contributed by atoms with Crippen LogP contribution < -0.4 is 10.6 Å². The fraction of sp³-hybridized carbons (Fsp3) is 0.600. The molecule has 2 N–H and O–H groups in total. The smallest absolute Gasteiger partial charge is 0.233 e. The Hall–Kier alpha value is -1.42. The van der Waals surface area contributed by atoms with Crippen molar-refractivity contribution in [1.82, 2.24) is 4.98 Å². The average molecular weight is 259 g/mol. The van der Waals surface area contributed by atoms with E-state index in [9.17, 15) is 4.79 Å². The zero-order chi connectivity index (χ0) is 13.5.